The normalized spacial score (nSPS) is 21.2. The first-order chi connectivity index (χ1) is 7.72. The van der Waals surface area contributed by atoms with Crippen LogP contribution in [0.2, 0.25) is 0 Å². The molecular formula is C12H16BrNO2. The van der Waals surface area contributed by atoms with Crippen molar-refractivity contribution < 1.29 is 9.84 Å². The summed E-state index contributed by atoms with van der Waals surface area (Å²) in [6.07, 6.45) is 0. The molecule has 16 heavy (non-hydrogen) atoms. The van der Waals surface area contributed by atoms with E-state index in [2.05, 4.69) is 46.0 Å². The summed E-state index contributed by atoms with van der Waals surface area (Å²) >= 11 is 3.49. The standard InChI is InChI=1S/C12H16BrNO2/c1-9-6-10(2-3-12(9)13)14-4-5-16-8-11(14)7-15/h2-3,6,11,15H,4-5,7-8H2,1H3. The first-order valence-corrected chi connectivity index (χ1v) is 6.23. The molecule has 0 aromatic heterocycles. The van der Waals surface area contributed by atoms with Crippen LogP contribution in [-0.2, 0) is 4.74 Å². The van der Waals surface area contributed by atoms with Gasteiger partial charge in [-0.25, -0.2) is 0 Å². The van der Waals surface area contributed by atoms with E-state index in [1.807, 2.05) is 0 Å². The van der Waals surface area contributed by atoms with Crippen LogP contribution in [0.25, 0.3) is 0 Å². The van der Waals surface area contributed by atoms with Gasteiger partial charge in [0.05, 0.1) is 25.9 Å². The molecule has 1 atom stereocenters. The highest BCUT2D eigenvalue weighted by atomic mass is 79.9. The molecule has 0 amide bonds. The Labute approximate surface area is 104 Å². The van der Waals surface area contributed by atoms with Crippen LogP contribution in [0.5, 0.6) is 0 Å². The first kappa shape index (κ1) is 11.9. The van der Waals surface area contributed by atoms with E-state index in [1.54, 1.807) is 0 Å². The molecule has 0 spiro atoms. The van der Waals surface area contributed by atoms with E-state index >= 15 is 0 Å². The van der Waals surface area contributed by atoms with E-state index in [-0.39, 0.29) is 12.6 Å². The maximum absolute atomic E-state index is 9.32. The lowest BCUT2D eigenvalue weighted by Crippen LogP contribution is -2.47. The van der Waals surface area contributed by atoms with Gasteiger partial charge in [-0.1, -0.05) is 15.9 Å². The minimum Gasteiger partial charge on any atom is -0.394 e. The highest BCUT2D eigenvalue weighted by Crippen LogP contribution is 2.25. The average Bonchev–Trinajstić information content (AvgIpc) is 2.32. The molecular weight excluding hydrogens is 270 g/mol. The van der Waals surface area contributed by atoms with Gasteiger partial charge in [-0.15, -0.1) is 0 Å². The van der Waals surface area contributed by atoms with E-state index in [9.17, 15) is 5.11 Å². The Balaban J connectivity index is 2.23. The lowest BCUT2D eigenvalue weighted by Gasteiger charge is -2.36. The summed E-state index contributed by atoms with van der Waals surface area (Å²) in [5.74, 6) is 0. The summed E-state index contributed by atoms with van der Waals surface area (Å²) in [5.41, 5.74) is 2.36. The van der Waals surface area contributed by atoms with Crippen LogP contribution >= 0.6 is 15.9 Å². The molecule has 1 saturated heterocycles. The second-order valence-corrected chi connectivity index (χ2v) is 4.89. The zero-order chi connectivity index (χ0) is 11.5. The van der Waals surface area contributed by atoms with E-state index in [4.69, 9.17) is 4.74 Å². The van der Waals surface area contributed by atoms with Gasteiger partial charge in [-0.2, -0.15) is 0 Å². The Bertz CT molecular complexity index is 370. The second-order valence-electron chi connectivity index (χ2n) is 4.04. The summed E-state index contributed by atoms with van der Waals surface area (Å²) in [5, 5.41) is 9.32. The molecule has 0 aliphatic carbocycles. The first-order valence-electron chi connectivity index (χ1n) is 5.44. The van der Waals surface area contributed by atoms with Crippen molar-refractivity contribution in [3.63, 3.8) is 0 Å². The Kier molecular flexibility index (Phi) is 3.84. The molecule has 0 bridgehead atoms. The van der Waals surface area contributed by atoms with Crippen LogP contribution < -0.4 is 4.90 Å². The van der Waals surface area contributed by atoms with Crippen molar-refractivity contribution in [2.24, 2.45) is 0 Å². The zero-order valence-corrected chi connectivity index (χ0v) is 10.9. The SMILES string of the molecule is Cc1cc(N2CCOCC2CO)ccc1Br. The number of morpholine rings is 1. The topological polar surface area (TPSA) is 32.7 Å². The number of ether oxygens (including phenoxy) is 1. The average molecular weight is 286 g/mol. The summed E-state index contributed by atoms with van der Waals surface area (Å²) in [7, 11) is 0. The van der Waals surface area contributed by atoms with Gasteiger partial charge < -0.3 is 14.7 Å². The van der Waals surface area contributed by atoms with Crippen molar-refractivity contribution in [1.29, 1.82) is 0 Å². The van der Waals surface area contributed by atoms with Crippen molar-refractivity contribution in [3.8, 4) is 0 Å². The van der Waals surface area contributed by atoms with Gasteiger partial charge in [-0.3, -0.25) is 0 Å². The number of hydrogen-bond donors (Lipinski definition) is 1. The third-order valence-electron chi connectivity index (χ3n) is 2.91. The van der Waals surface area contributed by atoms with E-state index in [0.29, 0.717) is 6.61 Å². The fourth-order valence-corrected chi connectivity index (χ4v) is 2.20. The number of halogens is 1. The monoisotopic (exact) mass is 285 g/mol. The molecule has 88 valence electrons. The van der Waals surface area contributed by atoms with Crippen LogP contribution in [0.1, 0.15) is 5.56 Å². The number of rotatable bonds is 2. The van der Waals surface area contributed by atoms with E-state index < -0.39 is 0 Å². The summed E-state index contributed by atoms with van der Waals surface area (Å²) in [6.45, 7) is 4.38. The predicted octanol–water partition coefficient (Wildman–Crippen LogP) is 1.96. The summed E-state index contributed by atoms with van der Waals surface area (Å²) in [6, 6.07) is 6.34. The van der Waals surface area contributed by atoms with Crippen LogP contribution in [0.3, 0.4) is 0 Å². The molecule has 2 rings (SSSR count). The van der Waals surface area contributed by atoms with Crippen molar-refractivity contribution >= 4 is 21.6 Å². The molecule has 1 aromatic carbocycles. The Morgan fingerprint density at radius 2 is 2.38 bits per heavy atom. The zero-order valence-electron chi connectivity index (χ0n) is 9.32. The maximum Gasteiger partial charge on any atom is 0.0755 e. The van der Waals surface area contributed by atoms with Crippen LogP contribution in [-0.4, -0.2) is 37.5 Å². The molecule has 0 radical (unpaired) electrons. The third kappa shape index (κ3) is 2.39. The lowest BCUT2D eigenvalue weighted by molar-refractivity contribution is 0.0727. The Hall–Kier alpha value is -0.580. The molecule has 1 aliphatic heterocycles. The highest BCUT2D eigenvalue weighted by molar-refractivity contribution is 9.10. The van der Waals surface area contributed by atoms with Crippen molar-refractivity contribution in [3.05, 3.63) is 28.2 Å². The number of nitrogens with zero attached hydrogens (tertiary/aromatic N) is 1. The maximum atomic E-state index is 9.32. The van der Waals surface area contributed by atoms with Crippen LogP contribution in [0.4, 0.5) is 5.69 Å². The molecule has 3 nitrogen and oxygen atoms in total. The number of aliphatic hydroxyl groups excluding tert-OH is 1. The third-order valence-corrected chi connectivity index (χ3v) is 3.80. The fraction of sp³-hybridized carbons (Fsp3) is 0.500. The minimum absolute atomic E-state index is 0.0781. The predicted molar refractivity (Wildman–Crippen MR) is 67.9 cm³/mol. The largest absolute Gasteiger partial charge is 0.394 e. The van der Waals surface area contributed by atoms with Crippen LogP contribution in [0.15, 0.2) is 22.7 Å². The lowest BCUT2D eigenvalue weighted by atomic mass is 10.1. The Morgan fingerprint density at radius 3 is 3.06 bits per heavy atom. The van der Waals surface area contributed by atoms with Crippen molar-refractivity contribution in [2.75, 3.05) is 31.3 Å². The summed E-state index contributed by atoms with van der Waals surface area (Å²) in [4.78, 5) is 2.21. The second kappa shape index (κ2) is 5.17. The smallest absolute Gasteiger partial charge is 0.0755 e. The van der Waals surface area contributed by atoms with Crippen molar-refractivity contribution in [2.45, 2.75) is 13.0 Å². The fourth-order valence-electron chi connectivity index (χ4n) is 1.95. The van der Waals surface area contributed by atoms with Gasteiger partial charge in [0.15, 0.2) is 0 Å². The van der Waals surface area contributed by atoms with Gasteiger partial charge in [0, 0.05) is 16.7 Å². The van der Waals surface area contributed by atoms with Gasteiger partial charge in [-0.05, 0) is 30.7 Å². The molecule has 4 heteroatoms. The highest BCUT2D eigenvalue weighted by Gasteiger charge is 2.22. The molecule has 1 aromatic rings. The van der Waals surface area contributed by atoms with Crippen molar-refractivity contribution in [1.82, 2.24) is 0 Å². The number of anilines is 1. The van der Waals surface area contributed by atoms with Gasteiger partial charge in [0.25, 0.3) is 0 Å². The quantitative estimate of drug-likeness (QED) is 0.902. The molecule has 1 heterocycles. The van der Waals surface area contributed by atoms with Gasteiger partial charge in [0.1, 0.15) is 0 Å². The molecule has 1 aliphatic rings. The number of benzene rings is 1. The molecule has 1 unspecified atom stereocenters. The number of aryl methyl sites for hydroxylation is 1. The summed E-state index contributed by atoms with van der Waals surface area (Å²) < 4.78 is 6.48. The molecule has 0 saturated carbocycles. The van der Waals surface area contributed by atoms with Gasteiger partial charge in [0.2, 0.25) is 0 Å². The van der Waals surface area contributed by atoms with Crippen LogP contribution in [0, 0.1) is 6.92 Å². The number of aliphatic hydroxyl groups is 1. The molecule has 1 N–H and O–H groups in total. The Morgan fingerprint density at radius 1 is 1.56 bits per heavy atom. The minimum atomic E-state index is 0.0781. The molecule has 1 fully saturated rings. The number of hydrogen-bond acceptors (Lipinski definition) is 3. The van der Waals surface area contributed by atoms with E-state index in [1.165, 1.54) is 5.56 Å². The van der Waals surface area contributed by atoms with E-state index in [0.717, 1.165) is 23.3 Å². The van der Waals surface area contributed by atoms with Gasteiger partial charge >= 0.3 is 0 Å².